The molecule has 1 heterocycles. The predicted octanol–water partition coefficient (Wildman–Crippen LogP) is 1.84. The number of nitrogens with one attached hydrogen (secondary N) is 1. The maximum absolute atomic E-state index is 5.92. The molecule has 1 aromatic carbocycles. The second-order valence-corrected chi connectivity index (χ2v) is 4.38. The summed E-state index contributed by atoms with van der Waals surface area (Å²) < 4.78 is 16.3. The van der Waals surface area contributed by atoms with Crippen molar-refractivity contribution in [3.05, 3.63) is 24.3 Å². The molecule has 0 saturated carbocycles. The van der Waals surface area contributed by atoms with Crippen LogP contribution in [0.15, 0.2) is 24.3 Å². The smallest absolute Gasteiger partial charge is 0.119 e. The molecule has 1 aromatic rings. The Morgan fingerprint density at radius 1 is 1.06 bits per heavy atom. The third kappa shape index (κ3) is 4.20. The van der Waals surface area contributed by atoms with E-state index in [1.54, 1.807) is 7.11 Å². The molecule has 1 N–H and O–H groups in total. The molecular formula is C14H21NO3. The number of hydrogen-bond donors (Lipinski definition) is 1. The molecule has 0 atom stereocenters. The van der Waals surface area contributed by atoms with Crippen LogP contribution in [-0.2, 0) is 4.74 Å². The molecule has 1 saturated heterocycles. The second-order valence-electron chi connectivity index (χ2n) is 4.38. The molecule has 0 aliphatic carbocycles. The zero-order valence-corrected chi connectivity index (χ0v) is 10.9. The number of rotatable bonds is 6. The van der Waals surface area contributed by atoms with Crippen molar-refractivity contribution in [2.75, 3.05) is 33.4 Å². The highest BCUT2D eigenvalue weighted by molar-refractivity contribution is 5.31. The quantitative estimate of drug-likeness (QED) is 0.783. The molecule has 0 radical (unpaired) electrons. The van der Waals surface area contributed by atoms with Crippen molar-refractivity contribution in [3.8, 4) is 11.5 Å². The van der Waals surface area contributed by atoms with E-state index >= 15 is 0 Å². The predicted molar refractivity (Wildman–Crippen MR) is 70.3 cm³/mol. The van der Waals surface area contributed by atoms with E-state index in [1.807, 2.05) is 24.3 Å². The lowest BCUT2D eigenvalue weighted by Gasteiger charge is -2.23. The highest BCUT2D eigenvalue weighted by atomic mass is 16.5. The Kier molecular flexibility index (Phi) is 5.30. The summed E-state index contributed by atoms with van der Waals surface area (Å²) in [5.74, 6) is 1.77. The first-order chi connectivity index (χ1) is 8.88. The molecule has 0 spiro atoms. The fourth-order valence-corrected chi connectivity index (χ4v) is 1.96. The normalized spacial score (nSPS) is 16.5. The number of piperidine rings is 1. The molecule has 0 amide bonds. The summed E-state index contributed by atoms with van der Waals surface area (Å²) in [4.78, 5) is 0. The van der Waals surface area contributed by atoms with Crippen LogP contribution in [0.1, 0.15) is 12.8 Å². The van der Waals surface area contributed by atoms with E-state index < -0.39 is 0 Å². The molecule has 100 valence electrons. The molecule has 18 heavy (non-hydrogen) atoms. The Hall–Kier alpha value is -1.26. The van der Waals surface area contributed by atoms with Gasteiger partial charge in [-0.05, 0) is 50.2 Å². The number of benzene rings is 1. The highest BCUT2D eigenvalue weighted by Crippen LogP contribution is 2.20. The van der Waals surface area contributed by atoms with Crippen LogP contribution in [0.4, 0.5) is 0 Å². The van der Waals surface area contributed by atoms with Crippen LogP contribution >= 0.6 is 0 Å². The topological polar surface area (TPSA) is 39.7 Å². The summed E-state index contributed by atoms with van der Waals surface area (Å²) in [5.41, 5.74) is 0. The SMILES string of the molecule is COCCOc1ccc(OC2CCNCC2)cc1. The maximum Gasteiger partial charge on any atom is 0.119 e. The minimum Gasteiger partial charge on any atom is -0.491 e. The van der Waals surface area contributed by atoms with Gasteiger partial charge in [-0.15, -0.1) is 0 Å². The zero-order valence-electron chi connectivity index (χ0n) is 10.9. The van der Waals surface area contributed by atoms with Crippen molar-refractivity contribution in [1.29, 1.82) is 0 Å². The van der Waals surface area contributed by atoms with Crippen molar-refractivity contribution in [2.24, 2.45) is 0 Å². The van der Waals surface area contributed by atoms with Gasteiger partial charge in [0, 0.05) is 7.11 Å². The van der Waals surface area contributed by atoms with E-state index in [0.29, 0.717) is 19.3 Å². The monoisotopic (exact) mass is 251 g/mol. The number of methoxy groups -OCH3 is 1. The summed E-state index contributed by atoms with van der Waals surface area (Å²) in [7, 11) is 1.67. The lowest BCUT2D eigenvalue weighted by atomic mass is 10.1. The maximum atomic E-state index is 5.92. The van der Waals surface area contributed by atoms with Gasteiger partial charge in [0.1, 0.15) is 24.2 Å². The molecule has 4 heteroatoms. The van der Waals surface area contributed by atoms with E-state index in [4.69, 9.17) is 14.2 Å². The van der Waals surface area contributed by atoms with Gasteiger partial charge in [0.15, 0.2) is 0 Å². The summed E-state index contributed by atoms with van der Waals surface area (Å²) in [6.07, 6.45) is 2.49. The van der Waals surface area contributed by atoms with E-state index in [0.717, 1.165) is 37.4 Å². The Labute approximate surface area is 108 Å². The molecule has 1 aliphatic heterocycles. The van der Waals surface area contributed by atoms with Gasteiger partial charge in [-0.2, -0.15) is 0 Å². The number of hydrogen-bond acceptors (Lipinski definition) is 4. The van der Waals surface area contributed by atoms with Gasteiger partial charge in [0.05, 0.1) is 6.61 Å². The van der Waals surface area contributed by atoms with Crippen LogP contribution < -0.4 is 14.8 Å². The van der Waals surface area contributed by atoms with E-state index in [9.17, 15) is 0 Å². The third-order valence-corrected chi connectivity index (χ3v) is 2.97. The molecule has 1 aliphatic rings. The van der Waals surface area contributed by atoms with E-state index in [2.05, 4.69) is 5.32 Å². The lowest BCUT2D eigenvalue weighted by Crippen LogP contribution is -2.34. The van der Waals surface area contributed by atoms with Gasteiger partial charge in [-0.1, -0.05) is 0 Å². The van der Waals surface area contributed by atoms with Crippen LogP contribution in [0.3, 0.4) is 0 Å². The largest absolute Gasteiger partial charge is 0.491 e. The highest BCUT2D eigenvalue weighted by Gasteiger charge is 2.14. The van der Waals surface area contributed by atoms with Crippen molar-refractivity contribution < 1.29 is 14.2 Å². The van der Waals surface area contributed by atoms with Gasteiger partial charge in [0.25, 0.3) is 0 Å². The molecule has 1 fully saturated rings. The fourth-order valence-electron chi connectivity index (χ4n) is 1.96. The Bertz CT molecular complexity index is 333. The zero-order chi connectivity index (χ0) is 12.6. The summed E-state index contributed by atoms with van der Waals surface area (Å²) in [6.45, 7) is 3.27. The van der Waals surface area contributed by atoms with Crippen LogP contribution in [0.2, 0.25) is 0 Å². The molecular weight excluding hydrogens is 230 g/mol. The van der Waals surface area contributed by atoms with Gasteiger partial charge in [-0.25, -0.2) is 0 Å². The molecule has 0 bridgehead atoms. The van der Waals surface area contributed by atoms with Crippen LogP contribution in [0.25, 0.3) is 0 Å². The Morgan fingerprint density at radius 3 is 2.39 bits per heavy atom. The van der Waals surface area contributed by atoms with Crippen LogP contribution in [0.5, 0.6) is 11.5 Å². The summed E-state index contributed by atoms with van der Waals surface area (Å²) >= 11 is 0. The van der Waals surface area contributed by atoms with Crippen LogP contribution in [0, 0.1) is 0 Å². The second kappa shape index (κ2) is 7.24. The average Bonchev–Trinajstić information content (AvgIpc) is 2.42. The summed E-state index contributed by atoms with van der Waals surface area (Å²) in [5, 5.41) is 3.33. The van der Waals surface area contributed by atoms with Gasteiger partial charge in [-0.3, -0.25) is 0 Å². The van der Waals surface area contributed by atoms with Crippen LogP contribution in [-0.4, -0.2) is 39.5 Å². The van der Waals surface area contributed by atoms with Gasteiger partial charge in [0.2, 0.25) is 0 Å². The average molecular weight is 251 g/mol. The first-order valence-corrected chi connectivity index (χ1v) is 6.47. The molecule has 2 rings (SSSR count). The molecule has 4 nitrogen and oxygen atoms in total. The van der Waals surface area contributed by atoms with Crippen molar-refractivity contribution >= 4 is 0 Å². The van der Waals surface area contributed by atoms with Gasteiger partial charge < -0.3 is 19.5 Å². The van der Waals surface area contributed by atoms with Crippen molar-refractivity contribution in [3.63, 3.8) is 0 Å². The Morgan fingerprint density at radius 2 is 1.72 bits per heavy atom. The standard InChI is InChI=1S/C14H21NO3/c1-16-10-11-17-12-2-4-13(5-3-12)18-14-6-8-15-9-7-14/h2-5,14-15H,6-11H2,1H3. The number of ether oxygens (including phenoxy) is 3. The first-order valence-electron chi connectivity index (χ1n) is 6.47. The van der Waals surface area contributed by atoms with Crippen molar-refractivity contribution in [2.45, 2.75) is 18.9 Å². The first kappa shape index (κ1) is 13.2. The molecule has 0 aromatic heterocycles. The van der Waals surface area contributed by atoms with E-state index in [1.165, 1.54) is 0 Å². The molecule has 0 unspecified atom stereocenters. The third-order valence-electron chi connectivity index (χ3n) is 2.97. The van der Waals surface area contributed by atoms with E-state index in [-0.39, 0.29) is 0 Å². The summed E-state index contributed by atoms with van der Waals surface area (Å²) in [6, 6.07) is 7.80. The minimum absolute atomic E-state index is 0.339. The fraction of sp³-hybridized carbons (Fsp3) is 0.571. The minimum atomic E-state index is 0.339. The van der Waals surface area contributed by atoms with Gasteiger partial charge >= 0.3 is 0 Å². The lowest BCUT2D eigenvalue weighted by molar-refractivity contribution is 0.146. The Balaban J connectivity index is 1.79. The van der Waals surface area contributed by atoms with Crippen molar-refractivity contribution in [1.82, 2.24) is 5.32 Å².